The van der Waals surface area contributed by atoms with E-state index < -0.39 is 0 Å². The summed E-state index contributed by atoms with van der Waals surface area (Å²) in [6, 6.07) is 5.83. The molecule has 1 unspecified atom stereocenters. The van der Waals surface area contributed by atoms with E-state index >= 15 is 0 Å². The highest BCUT2D eigenvalue weighted by molar-refractivity contribution is 7.11. The first-order valence-electron chi connectivity index (χ1n) is 5.66. The lowest BCUT2D eigenvalue weighted by molar-refractivity contribution is 0.858. The summed E-state index contributed by atoms with van der Waals surface area (Å²) in [5.74, 6) is 0.770. The molecule has 0 fully saturated rings. The van der Waals surface area contributed by atoms with Crippen LogP contribution in [0.5, 0.6) is 0 Å². The van der Waals surface area contributed by atoms with E-state index in [-0.39, 0.29) is 6.04 Å². The van der Waals surface area contributed by atoms with Gasteiger partial charge in [-0.3, -0.25) is 0 Å². The molecule has 0 spiro atoms. The van der Waals surface area contributed by atoms with Crippen molar-refractivity contribution in [2.45, 2.75) is 26.8 Å². The van der Waals surface area contributed by atoms with Crippen LogP contribution in [0.25, 0.3) is 0 Å². The highest BCUT2D eigenvalue weighted by atomic mass is 32.1. The second-order valence-electron chi connectivity index (χ2n) is 4.12. The van der Waals surface area contributed by atoms with Gasteiger partial charge in [0.25, 0.3) is 0 Å². The van der Waals surface area contributed by atoms with Gasteiger partial charge in [-0.15, -0.1) is 11.3 Å². The molecule has 18 heavy (non-hydrogen) atoms. The zero-order chi connectivity index (χ0) is 13.1. The summed E-state index contributed by atoms with van der Waals surface area (Å²) < 4.78 is 0. The van der Waals surface area contributed by atoms with Crippen molar-refractivity contribution in [3.8, 4) is 6.07 Å². The molecule has 0 saturated carbocycles. The zero-order valence-electron chi connectivity index (χ0n) is 10.6. The lowest BCUT2D eigenvalue weighted by Gasteiger charge is -2.12. The van der Waals surface area contributed by atoms with Gasteiger partial charge in [0.2, 0.25) is 0 Å². The molecule has 2 rings (SSSR count). The second kappa shape index (κ2) is 5.15. The number of pyridine rings is 1. The third-order valence-electron chi connectivity index (χ3n) is 2.58. The third-order valence-corrected chi connectivity index (χ3v) is 3.68. The summed E-state index contributed by atoms with van der Waals surface area (Å²) in [6.07, 6.45) is 1.87. The number of thiazole rings is 1. The summed E-state index contributed by atoms with van der Waals surface area (Å²) in [4.78, 5) is 9.90. The normalized spacial score (nSPS) is 11.9. The molecular weight excluding hydrogens is 244 g/mol. The minimum Gasteiger partial charge on any atom is -0.361 e. The highest BCUT2D eigenvalue weighted by Crippen LogP contribution is 2.22. The Morgan fingerprint density at radius 3 is 2.72 bits per heavy atom. The SMILES string of the molecule is Cc1cnc(C(C)Nc2ccc(C#N)c(C)n2)s1. The van der Waals surface area contributed by atoms with Gasteiger partial charge in [-0.25, -0.2) is 9.97 Å². The molecule has 2 heterocycles. The number of aromatic nitrogens is 2. The lowest BCUT2D eigenvalue weighted by atomic mass is 10.2. The van der Waals surface area contributed by atoms with Gasteiger partial charge in [0.05, 0.1) is 17.3 Å². The molecule has 2 aromatic rings. The lowest BCUT2D eigenvalue weighted by Crippen LogP contribution is -2.08. The van der Waals surface area contributed by atoms with Crippen molar-refractivity contribution in [3.05, 3.63) is 39.5 Å². The number of hydrogen-bond donors (Lipinski definition) is 1. The van der Waals surface area contributed by atoms with Gasteiger partial charge in [-0.1, -0.05) is 0 Å². The van der Waals surface area contributed by atoms with Gasteiger partial charge in [-0.05, 0) is 32.9 Å². The molecule has 0 saturated heterocycles. The maximum atomic E-state index is 8.85. The summed E-state index contributed by atoms with van der Waals surface area (Å²) in [5.41, 5.74) is 1.35. The van der Waals surface area contributed by atoms with Gasteiger partial charge in [0, 0.05) is 11.1 Å². The van der Waals surface area contributed by atoms with Gasteiger partial charge >= 0.3 is 0 Å². The molecule has 0 radical (unpaired) electrons. The Morgan fingerprint density at radius 2 is 2.17 bits per heavy atom. The van der Waals surface area contributed by atoms with Gasteiger partial charge in [-0.2, -0.15) is 5.26 Å². The molecule has 0 amide bonds. The number of nitriles is 1. The fraction of sp³-hybridized carbons (Fsp3) is 0.308. The van der Waals surface area contributed by atoms with Crippen LogP contribution in [-0.2, 0) is 0 Å². The number of hydrogen-bond acceptors (Lipinski definition) is 5. The molecular formula is C13H14N4S. The standard InChI is InChI=1S/C13H14N4S/c1-8-7-15-13(18-8)10(3)17-12-5-4-11(6-14)9(2)16-12/h4-5,7,10H,1-3H3,(H,16,17). The van der Waals surface area contributed by atoms with E-state index in [9.17, 15) is 0 Å². The Bertz CT molecular complexity index is 597. The molecule has 0 aliphatic rings. The van der Waals surface area contributed by atoms with E-state index in [1.165, 1.54) is 4.88 Å². The number of rotatable bonds is 3. The molecule has 0 aliphatic carbocycles. The van der Waals surface area contributed by atoms with Crippen molar-refractivity contribution in [2.24, 2.45) is 0 Å². The van der Waals surface area contributed by atoms with Crippen molar-refractivity contribution in [2.75, 3.05) is 5.32 Å². The van der Waals surface area contributed by atoms with Gasteiger partial charge in [0.1, 0.15) is 16.9 Å². The zero-order valence-corrected chi connectivity index (χ0v) is 11.4. The minimum absolute atomic E-state index is 0.114. The molecule has 0 aliphatic heterocycles. The Hall–Kier alpha value is -1.93. The van der Waals surface area contributed by atoms with Crippen LogP contribution in [0.15, 0.2) is 18.3 Å². The molecule has 1 atom stereocenters. The first-order valence-corrected chi connectivity index (χ1v) is 6.48. The number of anilines is 1. The van der Waals surface area contributed by atoms with Crippen LogP contribution >= 0.6 is 11.3 Å². The average molecular weight is 258 g/mol. The summed E-state index contributed by atoms with van der Waals surface area (Å²) in [7, 11) is 0. The van der Waals surface area contributed by atoms with Crippen LogP contribution < -0.4 is 5.32 Å². The monoisotopic (exact) mass is 258 g/mol. The van der Waals surface area contributed by atoms with E-state index in [0.717, 1.165) is 16.5 Å². The van der Waals surface area contributed by atoms with Crippen LogP contribution in [0, 0.1) is 25.2 Å². The first kappa shape index (κ1) is 12.5. The van der Waals surface area contributed by atoms with E-state index in [1.807, 2.05) is 33.0 Å². The Kier molecular flexibility index (Phi) is 3.58. The largest absolute Gasteiger partial charge is 0.361 e. The summed E-state index contributed by atoms with van der Waals surface area (Å²) in [5, 5.41) is 13.2. The van der Waals surface area contributed by atoms with E-state index in [0.29, 0.717) is 5.56 Å². The molecule has 92 valence electrons. The molecule has 1 N–H and O–H groups in total. The molecule has 4 nitrogen and oxygen atoms in total. The van der Waals surface area contributed by atoms with Crippen molar-refractivity contribution in [1.29, 1.82) is 5.26 Å². The van der Waals surface area contributed by atoms with Crippen molar-refractivity contribution < 1.29 is 0 Å². The Labute approximate surface area is 110 Å². The van der Waals surface area contributed by atoms with E-state index in [2.05, 4.69) is 21.4 Å². The Morgan fingerprint density at radius 1 is 1.39 bits per heavy atom. The molecule has 0 aromatic carbocycles. The van der Waals surface area contributed by atoms with E-state index in [4.69, 9.17) is 5.26 Å². The number of nitrogens with one attached hydrogen (secondary N) is 1. The summed E-state index contributed by atoms with van der Waals surface area (Å²) >= 11 is 1.67. The smallest absolute Gasteiger partial charge is 0.126 e. The molecule has 0 bridgehead atoms. The van der Waals surface area contributed by atoms with Crippen molar-refractivity contribution in [3.63, 3.8) is 0 Å². The maximum Gasteiger partial charge on any atom is 0.126 e. The average Bonchev–Trinajstić information content (AvgIpc) is 2.76. The third kappa shape index (κ3) is 2.66. The van der Waals surface area contributed by atoms with Crippen LogP contribution in [-0.4, -0.2) is 9.97 Å². The highest BCUT2D eigenvalue weighted by Gasteiger charge is 2.10. The predicted octanol–water partition coefficient (Wildman–Crippen LogP) is 3.20. The fourth-order valence-electron chi connectivity index (χ4n) is 1.62. The van der Waals surface area contributed by atoms with Crippen LogP contribution in [0.4, 0.5) is 5.82 Å². The van der Waals surface area contributed by atoms with Crippen LogP contribution in [0.2, 0.25) is 0 Å². The summed E-state index contributed by atoms with van der Waals surface area (Å²) in [6.45, 7) is 5.92. The van der Waals surface area contributed by atoms with Crippen LogP contribution in [0.3, 0.4) is 0 Å². The van der Waals surface area contributed by atoms with Crippen molar-refractivity contribution in [1.82, 2.24) is 9.97 Å². The maximum absolute atomic E-state index is 8.85. The van der Waals surface area contributed by atoms with Gasteiger partial charge in [0.15, 0.2) is 0 Å². The van der Waals surface area contributed by atoms with E-state index in [1.54, 1.807) is 17.4 Å². The molecule has 5 heteroatoms. The number of nitrogens with zero attached hydrogens (tertiary/aromatic N) is 3. The number of aryl methyl sites for hydroxylation is 2. The predicted molar refractivity (Wildman–Crippen MR) is 72.6 cm³/mol. The Balaban J connectivity index is 2.15. The minimum atomic E-state index is 0.114. The topological polar surface area (TPSA) is 61.6 Å². The van der Waals surface area contributed by atoms with Gasteiger partial charge < -0.3 is 5.32 Å². The quantitative estimate of drug-likeness (QED) is 0.918. The first-order chi connectivity index (χ1) is 8.60. The fourth-order valence-corrected chi connectivity index (χ4v) is 2.39. The molecule has 2 aromatic heterocycles. The van der Waals surface area contributed by atoms with Crippen molar-refractivity contribution >= 4 is 17.2 Å². The second-order valence-corrected chi connectivity index (χ2v) is 5.38. The van der Waals surface area contributed by atoms with Crippen LogP contribution in [0.1, 0.15) is 34.1 Å².